The highest BCUT2D eigenvalue weighted by molar-refractivity contribution is 7.98. The molecule has 0 aliphatic carbocycles. The lowest BCUT2D eigenvalue weighted by atomic mass is 9.94. The Hall–Kier alpha value is -2.09. The molecule has 0 aliphatic rings. The lowest BCUT2D eigenvalue weighted by Gasteiger charge is -2.17. The van der Waals surface area contributed by atoms with E-state index < -0.39 is 17.5 Å². The van der Waals surface area contributed by atoms with Crippen LogP contribution in [-0.4, -0.2) is 25.8 Å². The van der Waals surface area contributed by atoms with E-state index in [1.54, 1.807) is 11.4 Å². The van der Waals surface area contributed by atoms with Gasteiger partial charge in [-0.1, -0.05) is 32.0 Å². The normalized spacial score (nSPS) is 12.7. The summed E-state index contributed by atoms with van der Waals surface area (Å²) in [6, 6.07) is 1.37. The molecule has 1 aromatic carbocycles. The van der Waals surface area contributed by atoms with Gasteiger partial charge in [-0.05, 0) is 25.5 Å². The van der Waals surface area contributed by atoms with Crippen molar-refractivity contribution in [2.75, 3.05) is 6.26 Å². The Morgan fingerprint density at radius 3 is 2.35 bits per heavy atom. The summed E-state index contributed by atoms with van der Waals surface area (Å²) in [6.45, 7) is 5.77. The number of hydrogen-bond acceptors (Lipinski definition) is 4. The zero-order valence-electron chi connectivity index (χ0n) is 15.0. The van der Waals surface area contributed by atoms with E-state index in [2.05, 4.69) is 22.0 Å². The highest BCUT2D eigenvalue weighted by atomic mass is 32.2. The Morgan fingerprint density at radius 2 is 1.77 bits per heavy atom. The molecule has 0 N–H and O–H groups in total. The maximum absolute atomic E-state index is 14.5. The van der Waals surface area contributed by atoms with E-state index in [4.69, 9.17) is 0 Å². The van der Waals surface area contributed by atoms with Crippen LogP contribution in [0.5, 0.6) is 0 Å². The van der Waals surface area contributed by atoms with Crippen LogP contribution in [0.3, 0.4) is 0 Å². The number of aryl methyl sites for hydroxylation is 1. The number of rotatable bonds is 5. The highest BCUT2D eigenvalue weighted by Gasteiger charge is 2.24. The van der Waals surface area contributed by atoms with Crippen molar-refractivity contribution in [3.8, 4) is 11.1 Å². The molecule has 138 valence electrons. The SMILES string of the molecule is CCC(C)Cc1c(-c2c(F)cc(F)cc2F)c(C)nc2nc(SC)nn12. The van der Waals surface area contributed by atoms with Crippen molar-refractivity contribution in [2.24, 2.45) is 5.92 Å². The van der Waals surface area contributed by atoms with Crippen molar-refractivity contribution in [1.82, 2.24) is 19.6 Å². The summed E-state index contributed by atoms with van der Waals surface area (Å²) < 4.78 is 43.9. The summed E-state index contributed by atoms with van der Waals surface area (Å²) in [7, 11) is 0. The van der Waals surface area contributed by atoms with Crippen molar-refractivity contribution >= 4 is 17.5 Å². The van der Waals surface area contributed by atoms with Crippen molar-refractivity contribution < 1.29 is 13.2 Å². The number of nitrogens with zero attached hydrogens (tertiary/aromatic N) is 4. The topological polar surface area (TPSA) is 43.1 Å². The quantitative estimate of drug-likeness (QED) is 0.595. The van der Waals surface area contributed by atoms with Gasteiger partial charge in [0.15, 0.2) is 0 Å². The van der Waals surface area contributed by atoms with Gasteiger partial charge >= 0.3 is 0 Å². The van der Waals surface area contributed by atoms with Crippen LogP contribution >= 0.6 is 11.8 Å². The Kier molecular flexibility index (Phi) is 5.22. The molecule has 3 rings (SSSR count). The van der Waals surface area contributed by atoms with Gasteiger partial charge in [0.25, 0.3) is 5.78 Å². The van der Waals surface area contributed by atoms with Gasteiger partial charge < -0.3 is 0 Å². The third-order valence-corrected chi connectivity index (χ3v) is 4.96. The fourth-order valence-corrected chi connectivity index (χ4v) is 3.25. The number of aromatic nitrogens is 4. The van der Waals surface area contributed by atoms with Gasteiger partial charge in [-0.3, -0.25) is 0 Å². The van der Waals surface area contributed by atoms with Crippen LogP contribution in [-0.2, 0) is 6.42 Å². The van der Waals surface area contributed by atoms with Crippen molar-refractivity contribution in [3.05, 3.63) is 41.0 Å². The molecule has 0 saturated carbocycles. The van der Waals surface area contributed by atoms with E-state index in [-0.39, 0.29) is 11.5 Å². The summed E-state index contributed by atoms with van der Waals surface area (Å²) in [5.41, 5.74) is 1.09. The molecule has 4 nitrogen and oxygen atoms in total. The zero-order chi connectivity index (χ0) is 19.0. The Morgan fingerprint density at radius 1 is 1.12 bits per heavy atom. The molecule has 0 spiro atoms. The first-order chi connectivity index (χ1) is 12.3. The van der Waals surface area contributed by atoms with E-state index in [1.165, 1.54) is 11.8 Å². The lowest BCUT2D eigenvalue weighted by Crippen LogP contribution is -2.12. The molecular weight excluding hydrogens is 361 g/mol. The predicted octanol–water partition coefficient (Wildman–Crippen LogP) is 4.83. The fraction of sp³-hybridized carbons (Fsp3) is 0.389. The molecule has 26 heavy (non-hydrogen) atoms. The molecule has 0 aliphatic heterocycles. The number of benzene rings is 1. The highest BCUT2D eigenvalue weighted by Crippen LogP contribution is 2.34. The second-order valence-electron chi connectivity index (χ2n) is 6.29. The van der Waals surface area contributed by atoms with Crippen LogP contribution in [0.4, 0.5) is 13.2 Å². The van der Waals surface area contributed by atoms with Gasteiger partial charge in [0.05, 0.1) is 17.0 Å². The second kappa shape index (κ2) is 7.26. The minimum absolute atomic E-state index is 0.257. The van der Waals surface area contributed by atoms with Gasteiger partial charge in [0, 0.05) is 17.7 Å². The molecule has 0 bridgehead atoms. The maximum atomic E-state index is 14.5. The number of thioether (sulfide) groups is 1. The molecule has 2 aromatic heterocycles. The summed E-state index contributed by atoms with van der Waals surface area (Å²) in [6.07, 6.45) is 3.27. The molecule has 0 saturated heterocycles. The van der Waals surface area contributed by atoms with Gasteiger partial charge in [-0.15, -0.1) is 5.10 Å². The molecule has 0 radical (unpaired) electrons. The largest absolute Gasteiger partial charge is 0.253 e. The number of hydrogen-bond donors (Lipinski definition) is 0. The number of fused-ring (bicyclic) bond motifs is 1. The van der Waals surface area contributed by atoms with Crippen LogP contribution < -0.4 is 0 Å². The predicted molar refractivity (Wildman–Crippen MR) is 95.8 cm³/mol. The van der Waals surface area contributed by atoms with Crippen LogP contribution in [0.2, 0.25) is 0 Å². The molecule has 3 aromatic rings. The lowest BCUT2D eigenvalue weighted by molar-refractivity contribution is 0.536. The molecule has 0 amide bonds. The summed E-state index contributed by atoms with van der Waals surface area (Å²) in [5.74, 6) is -2.22. The Balaban J connectivity index is 2.37. The molecule has 0 fully saturated rings. The van der Waals surface area contributed by atoms with Crippen molar-refractivity contribution in [1.29, 1.82) is 0 Å². The number of halogens is 3. The molecule has 8 heteroatoms. The van der Waals surface area contributed by atoms with E-state index in [0.717, 1.165) is 6.42 Å². The fourth-order valence-electron chi connectivity index (χ4n) is 2.92. The van der Waals surface area contributed by atoms with E-state index >= 15 is 0 Å². The standard InChI is InChI=1S/C18H19F3N4S/c1-5-9(2)6-14-15(16-12(20)7-11(19)8-13(16)21)10(3)22-17-23-18(26-4)24-25(14)17/h7-9H,5-6H2,1-4H3. The summed E-state index contributed by atoms with van der Waals surface area (Å²) >= 11 is 1.36. The molecule has 2 heterocycles. The Bertz CT molecular complexity index is 948. The molecule has 1 atom stereocenters. The van der Waals surface area contributed by atoms with Crippen molar-refractivity contribution in [2.45, 2.75) is 38.8 Å². The van der Waals surface area contributed by atoms with E-state index in [1.807, 2.05) is 13.2 Å². The monoisotopic (exact) mass is 380 g/mol. The minimum Gasteiger partial charge on any atom is -0.216 e. The third kappa shape index (κ3) is 3.30. The van der Waals surface area contributed by atoms with Gasteiger partial charge in [0.1, 0.15) is 17.5 Å². The zero-order valence-corrected chi connectivity index (χ0v) is 15.8. The van der Waals surface area contributed by atoms with E-state index in [0.29, 0.717) is 46.4 Å². The third-order valence-electron chi connectivity index (χ3n) is 4.42. The Labute approximate surface area is 153 Å². The van der Waals surface area contributed by atoms with Crippen LogP contribution in [0, 0.1) is 30.3 Å². The smallest absolute Gasteiger partial charge is 0.216 e. The average molecular weight is 380 g/mol. The van der Waals surface area contributed by atoms with Crippen LogP contribution in [0.25, 0.3) is 16.9 Å². The van der Waals surface area contributed by atoms with Gasteiger partial charge in [-0.25, -0.2) is 18.2 Å². The molecule has 1 unspecified atom stereocenters. The van der Waals surface area contributed by atoms with E-state index in [9.17, 15) is 13.2 Å². The first-order valence-electron chi connectivity index (χ1n) is 8.30. The van der Waals surface area contributed by atoms with Gasteiger partial charge in [0.2, 0.25) is 5.16 Å². The van der Waals surface area contributed by atoms with Crippen LogP contribution in [0.1, 0.15) is 31.7 Å². The second-order valence-corrected chi connectivity index (χ2v) is 7.06. The van der Waals surface area contributed by atoms with Crippen LogP contribution in [0.15, 0.2) is 17.3 Å². The summed E-state index contributed by atoms with van der Waals surface area (Å²) in [5, 5.41) is 4.94. The first kappa shape index (κ1) is 18.7. The van der Waals surface area contributed by atoms with Gasteiger partial charge in [-0.2, -0.15) is 9.50 Å². The first-order valence-corrected chi connectivity index (χ1v) is 9.53. The summed E-state index contributed by atoms with van der Waals surface area (Å²) in [4.78, 5) is 8.70. The minimum atomic E-state index is -0.956. The maximum Gasteiger partial charge on any atom is 0.253 e. The van der Waals surface area contributed by atoms with Crippen molar-refractivity contribution in [3.63, 3.8) is 0 Å². The molecular formula is C18H19F3N4S. The average Bonchev–Trinajstić information content (AvgIpc) is 2.99.